The molecule has 0 spiro atoms. The number of unbranched alkanes of at least 4 members (excludes halogenated alkanes) is 23. The van der Waals surface area contributed by atoms with Crippen molar-refractivity contribution in [3.05, 3.63) is 12.2 Å². The van der Waals surface area contributed by atoms with E-state index in [1.807, 2.05) is 6.08 Å². The van der Waals surface area contributed by atoms with Crippen LogP contribution in [0.3, 0.4) is 0 Å². The van der Waals surface area contributed by atoms with Gasteiger partial charge in [-0.05, 0) is 26.3 Å². The van der Waals surface area contributed by atoms with Crippen LogP contribution in [0.25, 0.3) is 0 Å². The van der Waals surface area contributed by atoms with E-state index in [0.29, 0.717) is 6.42 Å². The lowest BCUT2D eigenvalue weighted by Gasteiger charge is -2.22. The van der Waals surface area contributed by atoms with Gasteiger partial charge in [0.05, 0.1) is 24.5 Å². The number of allylic oxidation sites excluding steroid dienone is 1. The average molecular weight is 659 g/mol. The first-order valence-electron chi connectivity index (χ1n) is 19.0. The third kappa shape index (κ3) is 31.4. The number of rotatable bonds is 35. The fourth-order valence-electron chi connectivity index (χ4n) is 5.57. The molecule has 2 atom stereocenters. The van der Waals surface area contributed by atoms with Crippen molar-refractivity contribution in [3.8, 4) is 0 Å². The molecule has 0 unspecified atom stereocenters. The summed E-state index contributed by atoms with van der Waals surface area (Å²) in [6, 6.07) is -0.808. The maximum Gasteiger partial charge on any atom is 0.268 e. The van der Waals surface area contributed by atoms with Crippen LogP contribution in [-0.4, -0.2) is 57.5 Å². The van der Waals surface area contributed by atoms with Gasteiger partial charge in [-0.3, -0.25) is 8.98 Å². The number of aliphatic hydroxyl groups is 1. The van der Waals surface area contributed by atoms with Gasteiger partial charge < -0.3 is 15.7 Å². The number of hydrogen-bond donors (Lipinski definition) is 3. The van der Waals surface area contributed by atoms with Crippen molar-refractivity contribution >= 4 is 16.0 Å². The maximum absolute atomic E-state index is 12.7. The monoisotopic (exact) mass is 659 g/mol. The lowest BCUT2D eigenvalue weighted by molar-refractivity contribution is -0.122. The summed E-state index contributed by atoms with van der Waals surface area (Å²) in [6.45, 7) is 4.51. The molecule has 8 heteroatoms. The van der Waals surface area contributed by atoms with Gasteiger partial charge in [0.2, 0.25) is 5.91 Å². The molecule has 0 aliphatic heterocycles. The molecule has 0 rings (SSSR count). The average Bonchev–Trinajstić information content (AvgIpc) is 3.02. The summed E-state index contributed by atoms with van der Waals surface area (Å²) in [7, 11) is -2.07. The van der Waals surface area contributed by atoms with E-state index in [0.717, 1.165) is 32.1 Å². The minimum atomic E-state index is -3.75. The second-order valence-electron chi connectivity index (χ2n) is 13.1. The first-order chi connectivity index (χ1) is 21.9. The molecule has 7 nitrogen and oxygen atoms in total. The van der Waals surface area contributed by atoms with Gasteiger partial charge >= 0.3 is 0 Å². The molecular formula is C37H74N2O5S. The van der Waals surface area contributed by atoms with Gasteiger partial charge in [0.1, 0.15) is 0 Å². The van der Waals surface area contributed by atoms with Gasteiger partial charge in [0.15, 0.2) is 0 Å². The molecule has 0 aromatic heterocycles. The van der Waals surface area contributed by atoms with E-state index in [1.54, 1.807) is 13.1 Å². The van der Waals surface area contributed by atoms with Crippen molar-refractivity contribution in [1.29, 1.82) is 0 Å². The zero-order valence-electron chi connectivity index (χ0n) is 29.8. The molecule has 0 bridgehead atoms. The van der Waals surface area contributed by atoms with E-state index in [-0.39, 0.29) is 24.8 Å². The van der Waals surface area contributed by atoms with Crippen LogP contribution in [0.15, 0.2) is 12.2 Å². The van der Waals surface area contributed by atoms with Crippen molar-refractivity contribution in [2.45, 2.75) is 193 Å². The van der Waals surface area contributed by atoms with E-state index in [1.165, 1.54) is 128 Å². The zero-order valence-corrected chi connectivity index (χ0v) is 30.6. The molecule has 0 aliphatic rings. The normalized spacial score (nSPS) is 13.4. The Kier molecular flexibility index (Phi) is 32.3. The van der Waals surface area contributed by atoms with Crippen molar-refractivity contribution in [2.24, 2.45) is 0 Å². The first-order valence-corrected chi connectivity index (χ1v) is 20.6. The molecule has 0 saturated carbocycles. The van der Waals surface area contributed by atoms with Crippen molar-refractivity contribution in [2.75, 3.05) is 26.0 Å². The standard InChI is InChI=1S/C37H74N2O5S/c1-4-6-8-10-12-14-16-18-20-22-24-26-28-30-36(40)35(34-44-45(42,43)33-32-38-3)39-37(41)31-29-27-25-23-21-19-17-15-13-11-9-7-5-2/h28,30,35-36,38,40H,4-27,29,31-34H2,1-3H3,(H,39,41)/t35-,36+/m0/s1. The van der Waals surface area contributed by atoms with Crippen LogP contribution in [0.1, 0.15) is 181 Å². The fraction of sp³-hybridized carbons (Fsp3) is 0.919. The Bertz CT molecular complexity index is 775. The Morgan fingerprint density at radius 1 is 0.689 bits per heavy atom. The van der Waals surface area contributed by atoms with Crippen LogP contribution in [0.5, 0.6) is 0 Å². The second-order valence-corrected chi connectivity index (χ2v) is 14.8. The van der Waals surface area contributed by atoms with Crippen molar-refractivity contribution in [1.82, 2.24) is 10.6 Å². The molecule has 0 aromatic rings. The van der Waals surface area contributed by atoms with Gasteiger partial charge in [0, 0.05) is 13.0 Å². The van der Waals surface area contributed by atoms with Crippen LogP contribution < -0.4 is 10.6 Å². The van der Waals surface area contributed by atoms with E-state index in [9.17, 15) is 18.3 Å². The summed E-state index contributed by atoms with van der Waals surface area (Å²) in [5, 5.41) is 16.4. The number of aliphatic hydroxyl groups excluding tert-OH is 1. The molecule has 0 saturated heterocycles. The molecule has 268 valence electrons. The smallest absolute Gasteiger partial charge is 0.268 e. The third-order valence-electron chi connectivity index (χ3n) is 8.60. The number of nitrogens with one attached hydrogen (secondary N) is 2. The van der Waals surface area contributed by atoms with Crippen LogP contribution >= 0.6 is 0 Å². The lowest BCUT2D eigenvalue weighted by atomic mass is 10.0. The van der Waals surface area contributed by atoms with E-state index in [4.69, 9.17) is 4.18 Å². The molecule has 0 radical (unpaired) electrons. The van der Waals surface area contributed by atoms with Crippen LogP contribution in [0.4, 0.5) is 0 Å². The number of carbonyl (C=O) groups excluding carboxylic acids is 1. The number of hydrogen-bond acceptors (Lipinski definition) is 6. The van der Waals surface area contributed by atoms with Crippen LogP contribution in [-0.2, 0) is 19.1 Å². The van der Waals surface area contributed by atoms with E-state index < -0.39 is 22.3 Å². The molecule has 45 heavy (non-hydrogen) atoms. The third-order valence-corrected chi connectivity index (χ3v) is 9.80. The summed E-state index contributed by atoms with van der Waals surface area (Å²) < 4.78 is 29.6. The highest BCUT2D eigenvalue weighted by Gasteiger charge is 2.23. The Morgan fingerprint density at radius 3 is 1.56 bits per heavy atom. The quantitative estimate of drug-likeness (QED) is 0.0356. The Labute approximate surface area is 279 Å². The van der Waals surface area contributed by atoms with Gasteiger partial charge in [-0.1, -0.05) is 167 Å². The summed E-state index contributed by atoms with van der Waals surface area (Å²) in [5.41, 5.74) is 0. The maximum atomic E-state index is 12.7. The van der Waals surface area contributed by atoms with Gasteiger partial charge in [-0.25, -0.2) is 0 Å². The highest BCUT2D eigenvalue weighted by atomic mass is 32.2. The molecule has 0 aromatic carbocycles. The van der Waals surface area contributed by atoms with Crippen molar-refractivity contribution < 1.29 is 22.5 Å². The molecule has 0 aliphatic carbocycles. The molecule has 0 fully saturated rings. The van der Waals surface area contributed by atoms with Gasteiger partial charge in [-0.15, -0.1) is 0 Å². The van der Waals surface area contributed by atoms with E-state index in [2.05, 4.69) is 24.5 Å². The topological polar surface area (TPSA) is 105 Å². The SMILES string of the molecule is CCCCCCCCCCCCCC=C[C@@H](O)[C@H](COS(=O)(=O)CCNC)NC(=O)CCCCCCCCCCCCCCC. The largest absolute Gasteiger partial charge is 0.387 e. The predicted molar refractivity (Wildman–Crippen MR) is 192 cm³/mol. The van der Waals surface area contributed by atoms with Crippen LogP contribution in [0, 0.1) is 0 Å². The van der Waals surface area contributed by atoms with E-state index >= 15 is 0 Å². The molecule has 1 amide bonds. The highest BCUT2D eigenvalue weighted by Crippen LogP contribution is 2.14. The summed E-state index contributed by atoms with van der Waals surface area (Å²) in [4.78, 5) is 12.7. The van der Waals surface area contributed by atoms with Crippen molar-refractivity contribution in [3.63, 3.8) is 0 Å². The first kappa shape index (κ1) is 44.0. The predicted octanol–water partition coefficient (Wildman–Crippen LogP) is 9.14. The second kappa shape index (κ2) is 33.0. The Morgan fingerprint density at radius 2 is 1.11 bits per heavy atom. The molecule has 0 heterocycles. The summed E-state index contributed by atoms with van der Waals surface area (Å²) in [5.74, 6) is -0.328. The van der Waals surface area contributed by atoms with Crippen LogP contribution in [0.2, 0.25) is 0 Å². The minimum Gasteiger partial charge on any atom is -0.387 e. The van der Waals surface area contributed by atoms with Gasteiger partial charge in [0.25, 0.3) is 10.1 Å². The molecule has 3 N–H and O–H groups in total. The Hall–Kier alpha value is -0.960. The highest BCUT2D eigenvalue weighted by molar-refractivity contribution is 7.86. The number of amides is 1. The summed E-state index contributed by atoms with van der Waals surface area (Å²) >= 11 is 0. The number of carbonyl (C=O) groups is 1. The minimum absolute atomic E-state index is 0.159. The zero-order chi connectivity index (χ0) is 33.3. The summed E-state index contributed by atoms with van der Waals surface area (Å²) in [6.07, 6.45) is 34.2. The molecular weight excluding hydrogens is 584 g/mol. The lowest BCUT2D eigenvalue weighted by Crippen LogP contribution is -2.46. The Balaban J connectivity index is 4.32. The van der Waals surface area contributed by atoms with Gasteiger partial charge in [-0.2, -0.15) is 8.42 Å². The fourth-order valence-corrected chi connectivity index (χ4v) is 6.49.